The highest BCUT2D eigenvalue weighted by Gasteiger charge is 2.16. The number of nitriles is 2. The van der Waals surface area contributed by atoms with Crippen LogP contribution in [0, 0.1) is 22.7 Å². The van der Waals surface area contributed by atoms with E-state index >= 15 is 0 Å². The highest BCUT2D eigenvalue weighted by Crippen LogP contribution is 2.38. The molecule has 6 aromatic carbocycles. The summed E-state index contributed by atoms with van der Waals surface area (Å²) in [6.45, 7) is 0. The summed E-state index contributed by atoms with van der Waals surface area (Å²) in [4.78, 5) is 0. The standard InChI is InChI=1S/C38H21N3O/c39-22-24-9-13-35-31(17-24)32-18-25(23-40)10-14-36(32)41(35)30-12-16-38-34(21-30)33-20-29(11-15-37(33)42-38)28-8-4-7-27(19-28)26-5-2-1-3-6-26/h1-21H. The molecule has 2 aromatic heterocycles. The Morgan fingerprint density at radius 3 is 1.69 bits per heavy atom. The Kier molecular flexibility index (Phi) is 5.22. The van der Waals surface area contributed by atoms with Crippen LogP contribution in [0.1, 0.15) is 11.1 Å². The fourth-order valence-corrected chi connectivity index (χ4v) is 6.03. The smallest absolute Gasteiger partial charge is 0.135 e. The van der Waals surface area contributed by atoms with Gasteiger partial charge < -0.3 is 8.98 Å². The van der Waals surface area contributed by atoms with Gasteiger partial charge in [0.2, 0.25) is 0 Å². The van der Waals surface area contributed by atoms with E-state index in [1.807, 2.05) is 54.6 Å². The molecule has 8 aromatic rings. The van der Waals surface area contributed by atoms with E-state index < -0.39 is 0 Å². The van der Waals surface area contributed by atoms with Crippen LogP contribution in [0.15, 0.2) is 132 Å². The largest absolute Gasteiger partial charge is 0.456 e. The van der Waals surface area contributed by atoms with Crippen LogP contribution in [0.4, 0.5) is 0 Å². The van der Waals surface area contributed by atoms with Crippen LogP contribution in [0.2, 0.25) is 0 Å². The van der Waals surface area contributed by atoms with Crippen molar-refractivity contribution in [3.63, 3.8) is 0 Å². The van der Waals surface area contributed by atoms with Crippen LogP contribution >= 0.6 is 0 Å². The molecule has 194 valence electrons. The lowest BCUT2D eigenvalue weighted by atomic mass is 9.98. The summed E-state index contributed by atoms with van der Waals surface area (Å²) in [5.74, 6) is 0. The van der Waals surface area contributed by atoms with E-state index in [9.17, 15) is 10.5 Å². The average molecular weight is 536 g/mol. The Labute approximate surface area is 241 Å². The molecule has 0 unspecified atom stereocenters. The number of nitrogens with zero attached hydrogens (tertiary/aromatic N) is 3. The lowest BCUT2D eigenvalue weighted by Gasteiger charge is -2.08. The molecule has 0 bridgehead atoms. The fraction of sp³-hybridized carbons (Fsp3) is 0. The molecule has 0 spiro atoms. The van der Waals surface area contributed by atoms with Crippen LogP contribution in [-0.4, -0.2) is 4.57 Å². The Morgan fingerprint density at radius 2 is 1.02 bits per heavy atom. The molecule has 0 N–H and O–H groups in total. The van der Waals surface area contributed by atoms with Crippen molar-refractivity contribution in [3.05, 3.63) is 139 Å². The van der Waals surface area contributed by atoms with Gasteiger partial charge in [0.15, 0.2) is 0 Å². The van der Waals surface area contributed by atoms with E-state index in [-0.39, 0.29) is 0 Å². The first-order valence-electron chi connectivity index (χ1n) is 13.7. The first-order chi connectivity index (χ1) is 20.7. The maximum Gasteiger partial charge on any atom is 0.135 e. The number of hydrogen-bond donors (Lipinski definition) is 0. The molecule has 8 rings (SSSR count). The molecule has 0 saturated carbocycles. The maximum atomic E-state index is 9.55. The van der Waals surface area contributed by atoms with Gasteiger partial charge in [-0.1, -0.05) is 54.6 Å². The Balaban J connectivity index is 1.32. The van der Waals surface area contributed by atoms with E-state index in [0.29, 0.717) is 11.1 Å². The van der Waals surface area contributed by atoms with E-state index in [0.717, 1.165) is 60.6 Å². The Bertz CT molecular complexity index is 2360. The molecule has 42 heavy (non-hydrogen) atoms. The molecule has 0 aliphatic carbocycles. The number of hydrogen-bond acceptors (Lipinski definition) is 3. The molecule has 0 aliphatic rings. The fourth-order valence-electron chi connectivity index (χ4n) is 6.03. The van der Waals surface area contributed by atoms with Gasteiger partial charge >= 0.3 is 0 Å². The second-order valence-corrected chi connectivity index (χ2v) is 10.5. The van der Waals surface area contributed by atoms with Crippen molar-refractivity contribution >= 4 is 43.7 Å². The molecule has 4 heteroatoms. The molecule has 0 radical (unpaired) electrons. The van der Waals surface area contributed by atoms with E-state index in [1.165, 1.54) is 11.1 Å². The first kappa shape index (κ1) is 23.8. The summed E-state index contributed by atoms with van der Waals surface area (Å²) >= 11 is 0. The molecular weight excluding hydrogens is 514 g/mol. The lowest BCUT2D eigenvalue weighted by Crippen LogP contribution is -1.93. The van der Waals surface area contributed by atoms with Crippen LogP contribution in [-0.2, 0) is 0 Å². The number of aromatic nitrogens is 1. The van der Waals surface area contributed by atoms with Crippen LogP contribution in [0.5, 0.6) is 0 Å². The summed E-state index contributed by atoms with van der Waals surface area (Å²) in [6, 6.07) is 47.6. The topological polar surface area (TPSA) is 65.7 Å². The number of fused-ring (bicyclic) bond motifs is 6. The van der Waals surface area contributed by atoms with E-state index in [2.05, 4.69) is 89.5 Å². The van der Waals surface area contributed by atoms with Crippen molar-refractivity contribution in [2.45, 2.75) is 0 Å². The maximum absolute atomic E-state index is 9.55. The minimum absolute atomic E-state index is 0.587. The summed E-state index contributed by atoms with van der Waals surface area (Å²) in [6.07, 6.45) is 0. The lowest BCUT2D eigenvalue weighted by molar-refractivity contribution is 0.669. The van der Waals surface area contributed by atoms with Gasteiger partial charge in [-0.2, -0.15) is 10.5 Å². The monoisotopic (exact) mass is 535 g/mol. The molecule has 2 heterocycles. The first-order valence-corrected chi connectivity index (χ1v) is 13.7. The number of benzene rings is 6. The summed E-state index contributed by atoms with van der Waals surface area (Å²) < 4.78 is 8.46. The van der Waals surface area contributed by atoms with Crippen molar-refractivity contribution in [1.82, 2.24) is 4.57 Å². The van der Waals surface area contributed by atoms with Gasteiger partial charge in [0.25, 0.3) is 0 Å². The van der Waals surface area contributed by atoms with Gasteiger partial charge in [0, 0.05) is 27.2 Å². The van der Waals surface area contributed by atoms with Gasteiger partial charge in [-0.3, -0.25) is 0 Å². The van der Waals surface area contributed by atoms with E-state index in [4.69, 9.17) is 4.42 Å². The van der Waals surface area contributed by atoms with Gasteiger partial charge in [-0.25, -0.2) is 0 Å². The van der Waals surface area contributed by atoms with Crippen molar-refractivity contribution in [3.8, 4) is 40.1 Å². The Hall–Kier alpha value is -6.10. The minimum atomic E-state index is 0.587. The van der Waals surface area contributed by atoms with Crippen LogP contribution in [0.3, 0.4) is 0 Å². The zero-order chi connectivity index (χ0) is 28.2. The predicted molar refractivity (Wildman–Crippen MR) is 168 cm³/mol. The number of furan rings is 1. The molecular formula is C38H21N3O. The van der Waals surface area contributed by atoms with Gasteiger partial charge in [-0.05, 0) is 95.1 Å². The highest BCUT2D eigenvalue weighted by atomic mass is 16.3. The van der Waals surface area contributed by atoms with Gasteiger partial charge in [-0.15, -0.1) is 0 Å². The minimum Gasteiger partial charge on any atom is -0.456 e. The summed E-state index contributed by atoms with van der Waals surface area (Å²) in [7, 11) is 0. The van der Waals surface area contributed by atoms with Crippen molar-refractivity contribution < 1.29 is 4.42 Å². The van der Waals surface area contributed by atoms with Gasteiger partial charge in [0.1, 0.15) is 11.2 Å². The second kappa shape index (κ2) is 9.24. The molecule has 0 fully saturated rings. The molecule has 0 saturated heterocycles. The molecule has 0 atom stereocenters. The van der Waals surface area contributed by atoms with E-state index in [1.54, 1.807) is 0 Å². The zero-order valence-electron chi connectivity index (χ0n) is 22.4. The third-order valence-corrected chi connectivity index (χ3v) is 8.04. The second-order valence-electron chi connectivity index (χ2n) is 10.5. The molecule has 0 amide bonds. The van der Waals surface area contributed by atoms with Crippen molar-refractivity contribution in [2.75, 3.05) is 0 Å². The summed E-state index contributed by atoms with van der Waals surface area (Å²) in [5, 5.41) is 23.1. The van der Waals surface area contributed by atoms with Crippen LogP contribution < -0.4 is 0 Å². The van der Waals surface area contributed by atoms with Crippen LogP contribution in [0.25, 0.3) is 71.7 Å². The van der Waals surface area contributed by atoms with Crippen molar-refractivity contribution in [1.29, 1.82) is 10.5 Å². The summed E-state index contributed by atoms with van der Waals surface area (Å²) in [5.41, 5.74) is 10.4. The average Bonchev–Trinajstić information content (AvgIpc) is 3.59. The quantitative estimate of drug-likeness (QED) is 0.226. The third kappa shape index (κ3) is 3.68. The zero-order valence-corrected chi connectivity index (χ0v) is 22.4. The Morgan fingerprint density at radius 1 is 0.452 bits per heavy atom. The number of rotatable bonds is 3. The van der Waals surface area contributed by atoms with Crippen molar-refractivity contribution in [2.24, 2.45) is 0 Å². The highest BCUT2D eigenvalue weighted by molar-refractivity contribution is 6.11. The van der Waals surface area contributed by atoms with Gasteiger partial charge in [0.05, 0.1) is 34.3 Å². The SMILES string of the molecule is N#Cc1ccc2c(c1)c1cc(C#N)ccc1n2-c1ccc2oc3ccc(-c4cccc(-c5ccccc5)c4)cc3c2c1. The molecule has 0 aliphatic heterocycles. The third-order valence-electron chi connectivity index (χ3n) is 8.04. The normalized spacial score (nSPS) is 11.3. The molecule has 4 nitrogen and oxygen atoms in total. The predicted octanol–water partition coefficient (Wildman–Crippen LogP) is 9.76.